The number of nitrogens with one attached hydrogen (secondary N) is 2. The SMILES string of the molecule is CC(C)CN1C(=O)OCc2cnc(N[C@@H](C)C3CC4CC(Cl)CCC4NC3=O)nc21. The minimum Gasteiger partial charge on any atom is -0.444 e. The molecule has 1 aliphatic carbocycles. The van der Waals surface area contributed by atoms with Gasteiger partial charge in [0.25, 0.3) is 0 Å². The number of amides is 2. The van der Waals surface area contributed by atoms with E-state index in [2.05, 4.69) is 20.6 Å². The molecule has 0 radical (unpaired) electrons. The lowest BCUT2D eigenvalue weighted by Crippen LogP contribution is -2.55. The number of fused-ring (bicyclic) bond motifs is 2. The third-order valence-corrected chi connectivity index (χ3v) is 6.71. The van der Waals surface area contributed by atoms with Crippen LogP contribution in [0.3, 0.4) is 0 Å². The Hall–Kier alpha value is -2.09. The van der Waals surface area contributed by atoms with Gasteiger partial charge in [-0.2, -0.15) is 4.98 Å². The smallest absolute Gasteiger partial charge is 0.415 e. The maximum absolute atomic E-state index is 12.7. The van der Waals surface area contributed by atoms with Crippen LogP contribution in [0, 0.1) is 17.8 Å². The Morgan fingerprint density at radius 1 is 1.30 bits per heavy atom. The van der Waals surface area contributed by atoms with Crippen LogP contribution in [0.1, 0.15) is 52.0 Å². The van der Waals surface area contributed by atoms with Crippen LogP contribution in [0.2, 0.25) is 0 Å². The molecule has 164 valence electrons. The molecule has 2 aliphatic heterocycles. The molecule has 30 heavy (non-hydrogen) atoms. The second-order valence-electron chi connectivity index (χ2n) is 9.16. The zero-order valence-corrected chi connectivity index (χ0v) is 18.5. The highest BCUT2D eigenvalue weighted by atomic mass is 35.5. The molecule has 2 fully saturated rings. The summed E-state index contributed by atoms with van der Waals surface area (Å²) in [5.41, 5.74) is 0.780. The normalized spacial score (nSPS) is 29.6. The number of alkyl halides is 1. The van der Waals surface area contributed by atoms with Crippen molar-refractivity contribution in [2.45, 2.75) is 70.5 Å². The van der Waals surface area contributed by atoms with Gasteiger partial charge in [0.1, 0.15) is 12.4 Å². The summed E-state index contributed by atoms with van der Waals surface area (Å²) in [6.07, 6.45) is 4.96. The fourth-order valence-electron chi connectivity index (χ4n) is 4.75. The first-order chi connectivity index (χ1) is 14.3. The predicted octanol–water partition coefficient (Wildman–Crippen LogP) is 3.30. The summed E-state index contributed by atoms with van der Waals surface area (Å²) in [4.78, 5) is 35.5. The number of hydrogen-bond donors (Lipinski definition) is 2. The Morgan fingerprint density at radius 3 is 2.87 bits per heavy atom. The number of carbonyl (C=O) groups excluding carboxylic acids is 2. The Balaban J connectivity index is 1.48. The van der Waals surface area contributed by atoms with E-state index in [4.69, 9.17) is 16.3 Å². The first-order valence-electron chi connectivity index (χ1n) is 10.8. The van der Waals surface area contributed by atoms with Crippen LogP contribution in [0.5, 0.6) is 0 Å². The minimum absolute atomic E-state index is 0.0762. The molecule has 9 heteroatoms. The van der Waals surface area contributed by atoms with Crippen LogP contribution >= 0.6 is 11.6 Å². The third kappa shape index (κ3) is 4.33. The molecule has 1 aromatic heterocycles. The maximum atomic E-state index is 12.7. The van der Waals surface area contributed by atoms with Gasteiger partial charge >= 0.3 is 6.09 Å². The van der Waals surface area contributed by atoms with Crippen molar-refractivity contribution in [3.8, 4) is 0 Å². The van der Waals surface area contributed by atoms with E-state index in [1.165, 1.54) is 0 Å². The molecule has 0 spiro atoms. The van der Waals surface area contributed by atoms with E-state index in [0.717, 1.165) is 31.2 Å². The van der Waals surface area contributed by atoms with E-state index in [1.54, 1.807) is 11.1 Å². The van der Waals surface area contributed by atoms with Crippen LogP contribution in [0.4, 0.5) is 16.6 Å². The van der Waals surface area contributed by atoms with Crippen molar-refractivity contribution in [2.75, 3.05) is 16.8 Å². The summed E-state index contributed by atoms with van der Waals surface area (Å²) in [5, 5.41) is 6.68. The van der Waals surface area contributed by atoms with Gasteiger partial charge in [-0.3, -0.25) is 9.69 Å². The fraction of sp³-hybridized carbons (Fsp3) is 0.714. The fourth-order valence-corrected chi connectivity index (χ4v) is 5.10. The predicted molar refractivity (Wildman–Crippen MR) is 115 cm³/mol. The lowest BCUT2D eigenvalue weighted by molar-refractivity contribution is -0.130. The highest BCUT2D eigenvalue weighted by Gasteiger charge is 2.41. The second kappa shape index (κ2) is 8.57. The highest BCUT2D eigenvalue weighted by Crippen LogP contribution is 2.37. The molecule has 8 nitrogen and oxygen atoms in total. The van der Waals surface area contributed by atoms with Crippen LogP contribution in [0.25, 0.3) is 0 Å². The number of hydrogen-bond acceptors (Lipinski definition) is 6. The molecule has 5 atom stereocenters. The van der Waals surface area contributed by atoms with Crippen molar-refractivity contribution in [1.29, 1.82) is 0 Å². The Morgan fingerprint density at radius 2 is 2.10 bits per heavy atom. The van der Waals surface area contributed by atoms with Crippen molar-refractivity contribution in [1.82, 2.24) is 15.3 Å². The number of carbonyl (C=O) groups is 2. The summed E-state index contributed by atoms with van der Waals surface area (Å²) in [6.45, 7) is 6.75. The lowest BCUT2D eigenvalue weighted by Gasteiger charge is -2.42. The van der Waals surface area contributed by atoms with Gasteiger partial charge in [-0.15, -0.1) is 11.6 Å². The van der Waals surface area contributed by atoms with E-state index in [1.807, 2.05) is 20.8 Å². The van der Waals surface area contributed by atoms with Gasteiger partial charge < -0.3 is 15.4 Å². The molecule has 2 N–H and O–H groups in total. The summed E-state index contributed by atoms with van der Waals surface area (Å²) < 4.78 is 5.23. The van der Waals surface area contributed by atoms with Gasteiger partial charge in [-0.05, 0) is 44.4 Å². The van der Waals surface area contributed by atoms with Gasteiger partial charge in [-0.1, -0.05) is 13.8 Å². The van der Waals surface area contributed by atoms with Crippen molar-refractivity contribution < 1.29 is 14.3 Å². The average molecular weight is 436 g/mol. The average Bonchev–Trinajstić information content (AvgIpc) is 2.69. The van der Waals surface area contributed by atoms with Gasteiger partial charge in [-0.25, -0.2) is 9.78 Å². The molecular formula is C21H30ClN5O3. The highest BCUT2D eigenvalue weighted by molar-refractivity contribution is 6.20. The van der Waals surface area contributed by atoms with Gasteiger partial charge in [0.2, 0.25) is 11.9 Å². The van der Waals surface area contributed by atoms with Gasteiger partial charge in [0, 0.05) is 30.2 Å². The lowest BCUT2D eigenvalue weighted by atomic mass is 9.74. The zero-order chi connectivity index (χ0) is 21.4. The molecule has 1 saturated heterocycles. The third-order valence-electron chi connectivity index (χ3n) is 6.32. The monoisotopic (exact) mass is 435 g/mol. The van der Waals surface area contributed by atoms with Crippen molar-refractivity contribution in [3.63, 3.8) is 0 Å². The topological polar surface area (TPSA) is 96.5 Å². The summed E-state index contributed by atoms with van der Waals surface area (Å²) in [5.74, 6) is 1.58. The minimum atomic E-state index is -0.389. The van der Waals surface area contributed by atoms with Crippen LogP contribution in [-0.2, 0) is 16.1 Å². The standard InChI is InChI=1S/C21H30ClN5O3/c1-11(2)9-27-18-14(10-30-21(27)29)8-23-20(26-18)24-12(3)16-7-13-6-15(22)4-5-17(13)25-19(16)28/h8,11-13,15-17H,4-7,9-10H2,1-3H3,(H,25,28)(H,23,24,26)/t12-,13?,15?,16?,17?/m0/s1. The number of halogens is 1. The summed E-state index contributed by atoms with van der Waals surface area (Å²) in [6, 6.07) is 0.0975. The molecular weight excluding hydrogens is 406 g/mol. The Bertz CT molecular complexity index is 820. The molecule has 4 rings (SSSR count). The van der Waals surface area contributed by atoms with E-state index in [-0.39, 0.29) is 47.9 Å². The number of piperidine rings is 1. The number of nitrogens with zero attached hydrogens (tertiary/aromatic N) is 3. The number of aromatic nitrogens is 2. The maximum Gasteiger partial charge on any atom is 0.415 e. The Kier molecular flexibility index (Phi) is 6.04. The first kappa shape index (κ1) is 21.2. The van der Waals surface area contributed by atoms with Crippen molar-refractivity contribution in [3.05, 3.63) is 11.8 Å². The van der Waals surface area contributed by atoms with E-state index < -0.39 is 0 Å². The zero-order valence-electron chi connectivity index (χ0n) is 17.7. The quantitative estimate of drug-likeness (QED) is 0.689. The molecule has 0 bridgehead atoms. The first-order valence-corrected chi connectivity index (χ1v) is 11.3. The van der Waals surface area contributed by atoms with E-state index in [0.29, 0.717) is 24.2 Å². The molecule has 4 unspecified atom stereocenters. The summed E-state index contributed by atoms with van der Waals surface area (Å²) >= 11 is 6.37. The van der Waals surface area contributed by atoms with Crippen molar-refractivity contribution in [2.24, 2.45) is 17.8 Å². The molecule has 1 saturated carbocycles. The van der Waals surface area contributed by atoms with Crippen molar-refractivity contribution >= 4 is 35.4 Å². The second-order valence-corrected chi connectivity index (χ2v) is 9.78. The number of anilines is 2. The number of rotatable bonds is 5. The number of cyclic esters (lactones) is 1. The Labute approximate surface area is 182 Å². The van der Waals surface area contributed by atoms with E-state index >= 15 is 0 Å². The molecule has 3 aliphatic rings. The largest absolute Gasteiger partial charge is 0.444 e. The van der Waals surface area contributed by atoms with Gasteiger partial charge in [0.05, 0.1) is 11.5 Å². The van der Waals surface area contributed by atoms with Crippen LogP contribution in [0.15, 0.2) is 6.20 Å². The molecule has 1 aromatic rings. The molecule has 2 amide bonds. The molecule has 3 heterocycles. The van der Waals surface area contributed by atoms with Gasteiger partial charge in [0.15, 0.2) is 0 Å². The van der Waals surface area contributed by atoms with E-state index in [9.17, 15) is 9.59 Å². The molecule has 0 aromatic carbocycles. The summed E-state index contributed by atoms with van der Waals surface area (Å²) in [7, 11) is 0. The van der Waals surface area contributed by atoms with Crippen LogP contribution in [-0.4, -0.2) is 46.0 Å². The number of ether oxygens (including phenoxy) is 1. The van der Waals surface area contributed by atoms with Crippen LogP contribution < -0.4 is 15.5 Å².